The van der Waals surface area contributed by atoms with Crippen LogP contribution >= 0.6 is 0 Å². The number of aryl methyl sites for hydroxylation is 1. The number of halogens is 4. The zero-order valence-corrected chi connectivity index (χ0v) is 17.7. The summed E-state index contributed by atoms with van der Waals surface area (Å²) >= 11 is 0. The maximum atomic E-state index is 14.3. The zero-order chi connectivity index (χ0) is 24.6. The number of para-hydroxylation sites is 1. The quantitative estimate of drug-likeness (QED) is 0.359. The smallest absolute Gasteiger partial charge is 0.418 e. The van der Waals surface area contributed by atoms with Crippen LogP contribution < -0.4 is 21.1 Å². The lowest BCUT2D eigenvalue weighted by Crippen LogP contribution is -2.19. The molecule has 176 valence electrons. The molecule has 1 amide bonds. The van der Waals surface area contributed by atoms with Gasteiger partial charge in [-0.3, -0.25) is 4.79 Å². The van der Waals surface area contributed by atoms with Gasteiger partial charge in [0, 0.05) is 30.2 Å². The SMILES string of the molecule is COc1cc2cn(C)cc2cc1Nc1nnc(C(N)=O)c(Nc2c(F)cccc2C(F)(F)F)n1. The molecule has 2 heterocycles. The predicted molar refractivity (Wildman–Crippen MR) is 116 cm³/mol. The molecule has 0 saturated carbocycles. The normalized spacial score (nSPS) is 11.5. The van der Waals surface area contributed by atoms with Gasteiger partial charge in [0.25, 0.3) is 5.91 Å². The van der Waals surface area contributed by atoms with E-state index in [0.29, 0.717) is 17.5 Å². The van der Waals surface area contributed by atoms with E-state index in [0.717, 1.165) is 22.9 Å². The first kappa shape index (κ1) is 22.8. The fourth-order valence-corrected chi connectivity index (χ4v) is 3.34. The van der Waals surface area contributed by atoms with Crippen LogP contribution in [0.25, 0.3) is 10.8 Å². The van der Waals surface area contributed by atoms with Gasteiger partial charge in [0.15, 0.2) is 11.5 Å². The van der Waals surface area contributed by atoms with E-state index in [1.54, 1.807) is 12.1 Å². The van der Waals surface area contributed by atoms with Crippen LogP contribution in [-0.2, 0) is 13.2 Å². The number of nitrogens with one attached hydrogen (secondary N) is 2. The van der Waals surface area contributed by atoms with Gasteiger partial charge in [-0.25, -0.2) is 4.39 Å². The minimum atomic E-state index is -4.88. The molecule has 0 fully saturated rings. The maximum absolute atomic E-state index is 14.3. The van der Waals surface area contributed by atoms with Gasteiger partial charge >= 0.3 is 6.18 Å². The lowest BCUT2D eigenvalue weighted by molar-refractivity contribution is -0.137. The molecule has 34 heavy (non-hydrogen) atoms. The highest BCUT2D eigenvalue weighted by Crippen LogP contribution is 2.38. The fourth-order valence-electron chi connectivity index (χ4n) is 3.34. The zero-order valence-electron chi connectivity index (χ0n) is 17.7. The van der Waals surface area contributed by atoms with Crippen molar-refractivity contribution in [2.24, 2.45) is 12.8 Å². The minimum absolute atomic E-state index is 0.203. The number of alkyl halides is 3. The molecule has 4 aromatic rings. The standard InChI is InChI=1S/C21H17F4N7O2/c1-32-8-10-6-14(15(34-2)7-11(10)9-32)27-20-29-19(17(18(26)33)30-31-20)28-16-12(21(23,24)25)4-3-5-13(16)22/h3-9H,1-2H3,(H2,26,33)(H2,27,28,29,31). The summed E-state index contributed by atoms with van der Waals surface area (Å²) in [5.41, 5.74) is 2.87. The summed E-state index contributed by atoms with van der Waals surface area (Å²) in [6.45, 7) is 0. The molecule has 0 aliphatic heterocycles. The van der Waals surface area contributed by atoms with Gasteiger partial charge in [-0.1, -0.05) is 6.07 Å². The highest BCUT2D eigenvalue weighted by atomic mass is 19.4. The number of rotatable bonds is 6. The Hall–Kier alpha value is -4.42. The molecular formula is C21H17F4N7O2. The Balaban J connectivity index is 1.77. The third-order valence-electron chi connectivity index (χ3n) is 4.82. The minimum Gasteiger partial charge on any atom is -0.495 e. The predicted octanol–water partition coefficient (Wildman–Crippen LogP) is 4.12. The van der Waals surface area contributed by atoms with E-state index in [1.165, 1.54) is 7.11 Å². The number of nitrogens with zero attached hydrogens (tertiary/aromatic N) is 4. The Bertz CT molecular complexity index is 1400. The highest BCUT2D eigenvalue weighted by molar-refractivity contribution is 5.96. The monoisotopic (exact) mass is 475 g/mol. The second-order valence-corrected chi connectivity index (χ2v) is 7.21. The number of nitrogens with two attached hydrogens (primary N) is 1. The highest BCUT2D eigenvalue weighted by Gasteiger charge is 2.35. The molecule has 0 aliphatic carbocycles. The van der Waals surface area contributed by atoms with Gasteiger partial charge in [0.1, 0.15) is 11.6 Å². The number of benzene rings is 2. The number of anilines is 4. The lowest BCUT2D eigenvalue weighted by atomic mass is 10.1. The largest absolute Gasteiger partial charge is 0.495 e. The van der Waals surface area contributed by atoms with Crippen LogP contribution in [0.1, 0.15) is 16.1 Å². The van der Waals surface area contributed by atoms with Crippen LogP contribution in [0.3, 0.4) is 0 Å². The number of carbonyl (C=O) groups is 1. The van der Waals surface area contributed by atoms with Crippen molar-refractivity contribution in [1.29, 1.82) is 0 Å². The number of primary amides is 1. The van der Waals surface area contributed by atoms with Gasteiger partial charge < -0.3 is 25.7 Å². The van der Waals surface area contributed by atoms with E-state index in [2.05, 4.69) is 25.8 Å². The van der Waals surface area contributed by atoms with Gasteiger partial charge in [-0.05, 0) is 24.3 Å². The summed E-state index contributed by atoms with van der Waals surface area (Å²) in [7, 11) is 3.30. The van der Waals surface area contributed by atoms with Crippen molar-refractivity contribution in [3.05, 3.63) is 59.8 Å². The lowest BCUT2D eigenvalue weighted by Gasteiger charge is -2.16. The van der Waals surface area contributed by atoms with Gasteiger partial charge in [-0.2, -0.15) is 18.2 Å². The average Bonchev–Trinajstić information content (AvgIpc) is 3.12. The van der Waals surface area contributed by atoms with Gasteiger partial charge in [0.2, 0.25) is 5.95 Å². The summed E-state index contributed by atoms with van der Waals surface area (Å²) in [5, 5.41) is 14.2. The Morgan fingerprint density at radius 2 is 1.82 bits per heavy atom. The first-order valence-electron chi connectivity index (χ1n) is 9.65. The Labute approximate surface area is 189 Å². The molecule has 0 saturated heterocycles. The molecule has 0 atom stereocenters. The number of aromatic nitrogens is 4. The summed E-state index contributed by atoms with van der Waals surface area (Å²) < 4.78 is 61.7. The molecule has 13 heteroatoms. The molecule has 0 spiro atoms. The molecule has 0 aliphatic rings. The first-order valence-corrected chi connectivity index (χ1v) is 9.65. The summed E-state index contributed by atoms with van der Waals surface area (Å²) in [4.78, 5) is 15.8. The van der Waals surface area contributed by atoms with Crippen molar-refractivity contribution < 1.29 is 27.1 Å². The molecule has 0 bridgehead atoms. The number of carbonyl (C=O) groups excluding carboxylic acids is 1. The number of ether oxygens (including phenoxy) is 1. The number of hydrogen-bond donors (Lipinski definition) is 3. The van der Waals surface area contributed by atoms with Crippen molar-refractivity contribution in [1.82, 2.24) is 19.7 Å². The number of amides is 1. The van der Waals surface area contributed by atoms with Crippen molar-refractivity contribution in [3.8, 4) is 5.75 Å². The Morgan fingerprint density at radius 3 is 2.47 bits per heavy atom. The fraction of sp³-hybridized carbons (Fsp3) is 0.143. The third kappa shape index (κ3) is 4.40. The van der Waals surface area contributed by atoms with Gasteiger partial charge in [0.05, 0.1) is 24.0 Å². The van der Waals surface area contributed by atoms with Crippen LogP contribution in [0.5, 0.6) is 5.75 Å². The van der Waals surface area contributed by atoms with Crippen LogP contribution in [-0.4, -0.2) is 32.8 Å². The average molecular weight is 475 g/mol. The molecule has 9 nitrogen and oxygen atoms in total. The first-order chi connectivity index (χ1) is 16.1. The van der Waals surface area contributed by atoms with Crippen molar-refractivity contribution in [3.63, 3.8) is 0 Å². The van der Waals surface area contributed by atoms with Crippen LogP contribution in [0.2, 0.25) is 0 Å². The van der Waals surface area contributed by atoms with Crippen molar-refractivity contribution in [2.45, 2.75) is 6.18 Å². The second-order valence-electron chi connectivity index (χ2n) is 7.21. The summed E-state index contributed by atoms with van der Waals surface area (Å²) in [6, 6.07) is 5.93. The van der Waals surface area contributed by atoms with Crippen LogP contribution in [0.4, 0.5) is 40.7 Å². The van der Waals surface area contributed by atoms with E-state index in [1.807, 2.05) is 24.0 Å². The molecule has 0 unspecified atom stereocenters. The molecular weight excluding hydrogens is 458 g/mol. The topological polar surface area (TPSA) is 120 Å². The van der Waals surface area contributed by atoms with E-state index in [-0.39, 0.29) is 5.95 Å². The summed E-state index contributed by atoms with van der Waals surface area (Å²) in [5.74, 6) is -2.63. The van der Waals surface area contributed by atoms with E-state index in [4.69, 9.17) is 10.5 Å². The number of hydrogen-bond acceptors (Lipinski definition) is 7. The Morgan fingerprint density at radius 1 is 1.12 bits per heavy atom. The summed E-state index contributed by atoms with van der Waals surface area (Å²) in [6.07, 6.45) is -1.13. The number of methoxy groups -OCH3 is 1. The van der Waals surface area contributed by atoms with E-state index >= 15 is 0 Å². The van der Waals surface area contributed by atoms with E-state index < -0.39 is 40.7 Å². The molecule has 2 aromatic heterocycles. The second kappa shape index (κ2) is 8.50. The van der Waals surface area contributed by atoms with Crippen molar-refractivity contribution in [2.75, 3.05) is 17.7 Å². The molecule has 4 rings (SSSR count). The molecule has 4 N–H and O–H groups in total. The Kier molecular flexibility index (Phi) is 5.69. The van der Waals surface area contributed by atoms with Crippen molar-refractivity contribution >= 4 is 39.8 Å². The van der Waals surface area contributed by atoms with Crippen LogP contribution in [0, 0.1) is 5.82 Å². The van der Waals surface area contributed by atoms with E-state index in [9.17, 15) is 22.4 Å². The number of fused-ring (bicyclic) bond motifs is 1. The molecule has 0 radical (unpaired) electrons. The molecule has 2 aromatic carbocycles. The third-order valence-corrected chi connectivity index (χ3v) is 4.82. The van der Waals surface area contributed by atoms with Crippen LogP contribution in [0.15, 0.2) is 42.7 Å². The maximum Gasteiger partial charge on any atom is 0.418 e. The van der Waals surface area contributed by atoms with Gasteiger partial charge in [-0.15, -0.1) is 10.2 Å².